The number of carbonyl (C=O) groups is 3. The van der Waals surface area contributed by atoms with Crippen LogP contribution in [0.4, 0.5) is 5.82 Å². The van der Waals surface area contributed by atoms with E-state index in [4.69, 9.17) is 16.3 Å². The number of aromatic nitrogens is 1. The molecule has 2 aromatic carbocycles. The second-order valence-corrected chi connectivity index (χ2v) is 11.1. The summed E-state index contributed by atoms with van der Waals surface area (Å²) in [6.45, 7) is 5.35. The zero-order valence-corrected chi connectivity index (χ0v) is 24.3. The highest BCUT2D eigenvalue weighted by Gasteiger charge is 2.29. The summed E-state index contributed by atoms with van der Waals surface area (Å²) in [6, 6.07) is 17.8. The Hall–Kier alpha value is -3.79. The van der Waals surface area contributed by atoms with Gasteiger partial charge in [0.15, 0.2) is 0 Å². The van der Waals surface area contributed by atoms with E-state index in [1.165, 1.54) is 11.8 Å². The average Bonchev–Trinajstić information content (AvgIpc) is 3.03. The van der Waals surface area contributed by atoms with Gasteiger partial charge >= 0.3 is 0 Å². The summed E-state index contributed by atoms with van der Waals surface area (Å²) >= 11 is 5.89. The summed E-state index contributed by atoms with van der Waals surface area (Å²) < 4.78 is 5.48. The van der Waals surface area contributed by atoms with Crippen molar-refractivity contribution in [2.75, 3.05) is 44.7 Å². The fraction of sp³-hybridized carbons (Fsp3) is 0.375. The van der Waals surface area contributed by atoms with Crippen LogP contribution in [0.1, 0.15) is 41.6 Å². The van der Waals surface area contributed by atoms with Gasteiger partial charge in [0.2, 0.25) is 11.8 Å². The lowest BCUT2D eigenvalue weighted by molar-refractivity contribution is -0.135. The summed E-state index contributed by atoms with van der Waals surface area (Å²) in [7, 11) is 0. The molecule has 0 radical (unpaired) electrons. The number of pyridine rings is 1. The van der Waals surface area contributed by atoms with E-state index >= 15 is 0 Å². The largest absolute Gasteiger partial charge is 0.379 e. The van der Waals surface area contributed by atoms with Crippen LogP contribution in [0.2, 0.25) is 5.02 Å². The zero-order valence-electron chi connectivity index (χ0n) is 23.6. The van der Waals surface area contributed by atoms with Crippen LogP contribution < -0.4 is 10.6 Å². The van der Waals surface area contributed by atoms with Gasteiger partial charge in [0.1, 0.15) is 11.9 Å². The van der Waals surface area contributed by atoms with Gasteiger partial charge in [-0.25, -0.2) is 4.98 Å². The van der Waals surface area contributed by atoms with Crippen LogP contribution in [-0.4, -0.2) is 77.9 Å². The molecule has 3 aromatic rings. The lowest BCUT2D eigenvalue weighted by atomic mass is 9.98. The summed E-state index contributed by atoms with van der Waals surface area (Å²) in [4.78, 5) is 47.8. The van der Waals surface area contributed by atoms with Crippen LogP contribution in [0.15, 0.2) is 66.9 Å². The van der Waals surface area contributed by atoms with E-state index in [0.717, 1.165) is 63.2 Å². The Bertz CT molecular complexity index is 1370. The van der Waals surface area contributed by atoms with Crippen molar-refractivity contribution in [1.29, 1.82) is 0 Å². The maximum absolute atomic E-state index is 13.4. The van der Waals surface area contributed by atoms with Crippen molar-refractivity contribution >= 4 is 35.1 Å². The molecule has 1 aromatic heterocycles. The number of ether oxygens (including phenoxy) is 1. The summed E-state index contributed by atoms with van der Waals surface area (Å²) in [5.74, 6) is -0.760. The molecule has 0 spiro atoms. The van der Waals surface area contributed by atoms with Crippen molar-refractivity contribution in [3.63, 3.8) is 0 Å². The molecule has 0 saturated carbocycles. The first-order valence-electron chi connectivity index (χ1n) is 14.5. The second kappa shape index (κ2) is 14.4. The third-order valence-corrected chi connectivity index (χ3v) is 7.85. The Kier molecular flexibility index (Phi) is 10.2. The number of benzene rings is 2. The monoisotopic (exact) mass is 589 g/mol. The first-order valence-corrected chi connectivity index (χ1v) is 14.8. The molecule has 3 amide bonds. The highest BCUT2D eigenvalue weighted by atomic mass is 35.5. The first-order chi connectivity index (χ1) is 20.5. The van der Waals surface area contributed by atoms with E-state index in [1.54, 1.807) is 29.2 Å². The van der Waals surface area contributed by atoms with Crippen molar-refractivity contribution in [3.8, 4) is 11.1 Å². The highest BCUT2D eigenvalue weighted by Crippen LogP contribution is 2.26. The number of nitrogens with zero attached hydrogens (tertiary/aromatic N) is 3. The number of nitrogens with one attached hydrogen (secondary N) is 2. The Balaban J connectivity index is 1.28. The molecule has 1 atom stereocenters. The molecule has 0 unspecified atom stereocenters. The molecule has 5 rings (SSSR count). The number of carbonyl (C=O) groups excluding carboxylic acids is 3. The maximum Gasteiger partial charge on any atom is 0.251 e. The fourth-order valence-electron chi connectivity index (χ4n) is 5.35. The minimum atomic E-state index is -1.00. The summed E-state index contributed by atoms with van der Waals surface area (Å²) in [5.41, 5.74) is 3.75. The van der Waals surface area contributed by atoms with Crippen molar-refractivity contribution in [2.24, 2.45) is 0 Å². The van der Waals surface area contributed by atoms with E-state index in [-0.39, 0.29) is 12.3 Å². The van der Waals surface area contributed by atoms with Gasteiger partial charge in [-0.3, -0.25) is 19.3 Å². The number of piperidine rings is 1. The van der Waals surface area contributed by atoms with Crippen LogP contribution in [0.5, 0.6) is 0 Å². The number of amides is 3. The van der Waals surface area contributed by atoms with Crippen LogP contribution in [0.25, 0.3) is 11.1 Å². The molecule has 2 N–H and O–H groups in total. The molecule has 220 valence electrons. The van der Waals surface area contributed by atoms with Crippen molar-refractivity contribution < 1.29 is 19.1 Å². The van der Waals surface area contributed by atoms with E-state index in [1.807, 2.05) is 24.3 Å². The van der Waals surface area contributed by atoms with Gasteiger partial charge in [0, 0.05) is 44.5 Å². The van der Waals surface area contributed by atoms with Gasteiger partial charge in [-0.1, -0.05) is 48.0 Å². The molecule has 0 bridgehead atoms. The molecule has 42 heavy (non-hydrogen) atoms. The minimum absolute atomic E-state index is 0.210. The molecule has 10 heteroatoms. The van der Waals surface area contributed by atoms with Gasteiger partial charge in [0.05, 0.1) is 24.7 Å². The third kappa shape index (κ3) is 7.94. The van der Waals surface area contributed by atoms with Gasteiger partial charge < -0.3 is 20.3 Å². The van der Waals surface area contributed by atoms with Gasteiger partial charge in [-0.2, -0.15) is 0 Å². The molecule has 0 aliphatic carbocycles. The molecule has 2 saturated heterocycles. The second-order valence-electron chi connectivity index (χ2n) is 10.6. The molecular formula is C32H36ClN5O4. The van der Waals surface area contributed by atoms with Crippen molar-refractivity contribution in [1.82, 2.24) is 20.1 Å². The zero-order chi connectivity index (χ0) is 29.3. The van der Waals surface area contributed by atoms with Gasteiger partial charge in [-0.05, 0) is 60.2 Å². The van der Waals surface area contributed by atoms with Crippen molar-refractivity contribution in [2.45, 2.75) is 38.3 Å². The van der Waals surface area contributed by atoms with Crippen molar-refractivity contribution in [3.05, 3.63) is 83.0 Å². The smallest absolute Gasteiger partial charge is 0.251 e. The lowest BCUT2D eigenvalue weighted by Gasteiger charge is -2.30. The topological polar surface area (TPSA) is 104 Å². The third-order valence-electron chi connectivity index (χ3n) is 7.63. The molecule has 9 nitrogen and oxygen atoms in total. The van der Waals surface area contributed by atoms with Crippen LogP contribution >= 0.6 is 11.6 Å². The molecular weight excluding hydrogens is 554 g/mol. The standard InChI is InChI=1S/C32H36ClN5O4/c33-26-12-13-29(34-21-26)36-30(39)20-28(32(41)38-14-4-1-5-15-38)35-31(40)24-10-8-23(9-11-24)27-7-3-2-6-25(27)22-37-16-18-42-19-17-37/h2-3,6-13,21,28H,1,4-5,14-20,22H2,(H,35,40)(H,34,36,39)/t28-/m1/s1. The Labute approximate surface area is 251 Å². The maximum atomic E-state index is 13.4. The predicted octanol–water partition coefficient (Wildman–Crippen LogP) is 4.37. The van der Waals surface area contributed by atoms with Gasteiger partial charge in [-0.15, -0.1) is 0 Å². The number of morpholine rings is 1. The molecule has 3 heterocycles. The Morgan fingerprint density at radius 1 is 0.905 bits per heavy atom. The lowest BCUT2D eigenvalue weighted by Crippen LogP contribution is -2.51. The average molecular weight is 590 g/mol. The number of anilines is 1. The predicted molar refractivity (Wildman–Crippen MR) is 162 cm³/mol. The number of likely N-dealkylation sites (tertiary alicyclic amines) is 1. The number of rotatable bonds is 9. The van der Waals surface area contributed by atoms with Crippen LogP contribution in [0, 0.1) is 0 Å². The van der Waals surface area contributed by atoms with Crippen LogP contribution in [-0.2, 0) is 20.9 Å². The van der Waals surface area contributed by atoms with E-state index in [2.05, 4.69) is 32.7 Å². The summed E-state index contributed by atoms with van der Waals surface area (Å²) in [5, 5.41) is 5.97. The number of halogens is 1. The van der Waals surface area contributed by atoms with E-state index < -0.39 is 17.9 Å². The highest BCUT2D eigenvalue weighted by molar-refractivity contribution is 6.30. The Morgan fingerprint density at radius 3 is 2.36 bits per heavy atom. The molecule has 2 fully saturated rings. The number of hydrogen-bond donors (Lipinski definition) is 2. The Morgan fingerprint density at radius 2 is 1.64 bits per heavy atom. The first kappa shape index (κ1) is 29.7. The van der Waals surface area contributed by atoms with E-state index in [9.17, 15) is 14.4 Å². The normalized spacial score (nSPS) is 16.5. The quantitative estimate of drug-likeness (QED) is 0.384. The SMILES string of the molecule is O=C(C[C@@H](NC(=O)c1ccc(-c2ccccc2CN2CCOCC2)cc1)C(=O)N1CCCCC1)Nc1ccc(Cl)cn1. The minimum Gasteiger partial charge on any atom is -0.379 e. The molecule has 2 aliphatic heterocycles. The van der Waals surface area contributed by atoms with Crippen LogP contribution in [0.3, 0.4) is 0 Å². The number of hydrogen-bond acceptors (Lipinski definition) is 6. The fourth-order valence-corrected chi connectivity index (χ4v) is 5.46. The summed E-state index contributed by atoms with van der Waals surface area (Å²) in [6.07, 6.45) is 4.09. The van der Waals surface area contributed by atoms with Gasteiger partial charge in [0.25, 0.3) is 5.91 Å². The van der Waals surface area contributed by atoms with E-state index in [0.29, 0.717) is 29.5 Å². The molecule has 2 aliphatic rings.